The number of esters is 1. The van der Waals surface area contributed by atoms with Crippen LogP contribution in [0.15, 0.2) is 60.0 Å². The summed E-state index contributed by atoms with van der Waals surface area (Å²) in [5.41, 5.74) is 1.87. The number of hydrogen-bond donors (Lipinski definition) is 1. The van der Waals surface area contributed by atoms with Gasteiger partial charge in [-0.05, 0) is 23.8 Å². The lowest BCUT2D eigenvalue weighted by atomic mass is 10.0. The van der Waals surface area contributed by atoms with Crippen LogP contribution in [0.4, 0.5) is 9.39 Å². The quantitative estimate of drug-likeness (QED) is 0.433. The molecular formula is C21H15ClFNO3S. The van der Waals surface area contributed by atoms with E-state index in [-0.39, 0.29) is 16.1 Å². The van der Waals surface area contributed by atoms with Gasteiger partial charge in [0.15, 0.2) is 0 Å². The van der Waals surface area contributed by atoms with Gasteiger partial charge in [0.05, 0.1) is 12.1 Å². The fraction of sp³-hybridized carbons (Fsp3) is 0.0476. The summed E-state index contributed by atoms with van der Waals surface area (Å²) in [6.45, 7) is 0. The van der Waals surface area contributed by atoms with Gasteiger partial charge in [-0.2, -0.15) is 0 Å². The first kappa shape index (κ1) is 19.8. The Kier molecular flexibility index (Phi) is 6.23. The van der Waals surface area contributed by atoms with Crippen LogP contribution in [0.25, 0.3) is 17.2 Å². The van der Waals surface area contributed by atoms with E-state index in [1.165, 1.54) is 42.7 Å². The third-order valence-electron chi connectivity index (χ3n) is 3.90. The van der Waals surface area contributed by atoms with Crippen LogP contribution in [0.1, 0.15) is 15.9 Å². The van der Waals surface area contributed by atoms with Crippen LogP contribution in [0, 0.1) is 5.82 Å². The van der Waals surface area contributed by atoms with Gasteiger partial charge in [-0.1, -0.05) is 48.0 Å². The van der Waals surface area contributed by atoms with Gasteiger partial charge in [-0.3, -0.25) is 4.79 Å². The number of methoxy groups -OCH3 is 1. The summed E-state index contributed by atoms with van der Waals surface area (Å²) in [5, 5.41) is 4.97. The Bertz CT molecular complexity index is 1030. The maximum atomic E-state index is 13.8. The summed E-state index contributed by atoms with van der Waals surface area (Å²) < 4.78 is 18.7. The van der Waals surface area contributed by atoms with E-state index in [9.17, 15) is 14.0 Å². The normalized spacial score (nSPS) is 10.8. The van der Waals surface area contributed by atoms with Crippen LogP contribution in [0.3, 0.4) is 0 Å². The molecule has 2 aromatic carbocycles. The van der Waals surface area contributed by atoms with Crippen LogP contribution >= 0.6 is 22.9 Å². The maximum absolute atomic E-state index is 13.8. The number of nitrogens with one attached hydrogen (secondary N) is 1. The molecule has 1 aromatic heterocycles. The molecule has 0 atom stereocenters. The van der Waals surface area contributed by atoms with Crippen LogP contribution in [0.5, 0.6) is 0 Å². The largest absolute Gasteiger partial charge is 0.465 e. The number of anilines is 1. The molecule has 0 radical (unpaired) electrons. The summed E-state index contributed by atoms with van der Waals surface area (Å²) >= 11 is 7.15. The zero-order valence-corrected chi connectivity index (χ0v) is 16.3. The van der Waals surface area contributed by atoms with Crippen LogP contribution in [-0.2, 0) is 9.53 Å². The lowest BCUT2D eigenvalue weighted by molar-refractivity contribution is -0.111. The summed E-state index contributed by atoms with van der Waals surface area (Å²) in [6, 6.07) is 13.6. The molecule has 1 amide bonds. The van der Waals surface area contributed by atoms with Gasteiger partial charge in [-0.25, -0.2) is 9.18 Å². The molecule has 0 saturated heterocycles. The number of thiophene rings is 1. The van der Waals surface area contributed by atoms with Crippen molar-refractivity contribution < 1.29 is 18.7 Å². The molecule has 3 rings (SSSR count). The van der Waals surface area contributed by atoms with Gasteiger partial charge < -0.3 is 10.1 Å². The lowest BCUT2D eigenvalue weighted by Crippen LogP contribution is -2.11. The molecule has 0 saturated carbocycles. The molecule has 0 fully saturated rings. The second-order valence-electron chi connectivity index (χ2n) is 5.67. The zero-order chi connectivity index (χ0) is 20.1. The number of rotatable bonds is 5. The standard InChI is InChI=1S/C21H15ClFNO3S/c1-27-21(26)19-15(13-6-3-2-4-7-13)12-28-20(19)24-18(25)11-10-14-16(22)8-5-9-17(14)23/h2-12H,1H3,(H,24,25)/b11-10+. The van der Waals surface area contributed by atoms with Gasteiger partial charge in [0, 0.05) is 22.6 Å². The highest BCUT2D eigenvalue weighted by molar-refractivity contribution is 7.15. The Morgan fingerprint density at radius 3 is 2.57 bits per heavy atom. The highest BCUT2D eigenvalue weighted by atomic mass is 35.5. The Labute approximate surface area is 170 Å². The van der Waals surface area contributed by atoms with Crippen molar-refractivity contribution in [3.8, 4) is 11.1 Å². The zero-order valence-electron chi connectivity index (χ0n) is 14.7. The van der Waals surface area contributed by atoms with E-state index in [4.69, 9.17) is 16.3 Å². The minimum Gasteiger partial charge on any atom is -0.465 e. The van der Waals surface area contributed by atoms with Crippen molar-refractivity contribution in [2.75, 3.05) is 12.4 Å². The molecule has 0 aliphatic heterocycles. The summed E-state index contributed by atoms with van der Waals surface area (Å²) in [7, 11) is 1.28. The van der Waals surface area contributed by atoms with Gasteiger partial charge in [0.1, 0.15) is 16.4 Å². The molecule has 4 nitrogen and oxygen atoms in total. The molecule has 1 heterocycles. The second-order valence-corrected chi connectivity index (χ2v) is 6.96. The van der Waals surface area contributed by atoms with Gasteiger partial charge in [-0.15, -0.1) is 11.3 Å². The molecule has 3 aromatic rings. The van der Waals surface area contributed by atoms with E-state index in [1.807, 2.05) is 30.3 Å². The van der Waals surface area contributed by atoms with Crippen LogP contribution in [0.2, 0.25) is 5.02 Å². The van der Waals surface area contributed by atoms with Crippen LogP contribution < -0.4 is 5.32 Å². The van der Waals surface area contributed by atoms with Gasteiger partial charge >= 0.3 is 5.97 Å². The van der Waals surface area contributed by atoms with Crippen molar-refractivity contribution in [2.45, 2.75) is 0 Å². The van der Waals surface area contributed by atoms with Gasteiger partial charge in [0.25, 0.3) is 0 Å². The fourth-order valence-corrected chi connectivity index (χ4v) is 3.75. The monoisotopic (exact) mass is 415 g/mol. The minimum atomic E-state index is -0.559. The summed E-state index contributed by atoms with van der Waals surface area (Å²) in [5.74, 6) is -1.61. The topological polar surface area (TPSA) is 55.4 Å². The molecular weight excluding hydrogens is 401 g/mol. The Morgan fingerprint density at radius 1 is 1.14 bits per heavy atom. The molecule has 142 valence electrons. The number of ether oxygens (including phenoxy) is 1. The first-order valence-corrected chi connectivity index (χ1v) is 9.45. The van der Waals surface area contributed by atoms with E-state index in [2.05, 4.69) is 5.32 Å². The van der Waals surface area contributed by atoms with E-state index in [0.717, 1.165) is 11.6 Å². The highest BCUT2D eigenvalue weighted by Crippen LogP contribution is 2.36. The predicted molar refractivity (Wildman–Crippen MR) is 110 cm³/mol. The molecule has 0 bridgehead atoms. The highest BCUT2D eigenvalue weighted by Gasteiger charge is 2.21. The number of amides is 1. The van der Waals surface area contributed by atoms with E-state index < -0.39 is 17.7 Å². The molecule has 0 unspecified atom stereocenters. The molecule has 7 heteroatoms. The number of carbonyl (C=O) groups is 2. The fourth-order valence-electron chi connectivity index (χ4n) is 2.57. The van der Waals surface area contributed by atoms with Crippen molar-refractivity contribution in [1.82, 2.24) is 0 Å². The summed E-state index contributed by atoms with van der Waals surface area (Å²) in [6.07, 6.45) is 2.45. The first-order chi connectivity index (χ1) is 13.5. The van der Waals surface area contributed by atoms with Crippen molar-refractivity contribution in [3.63, 3.8) is 0 Å². The van der Waals surface area contributed by atoms with Crippen LogP contribution in [-0.4, -0.2) is 19.0 Å². The van der Waals surface area contributed by atoms with Crippen molar-refractivity contribution in [3.05, 3.63) is 82.0 Å². The van der Waals surface area contributed by atoms with Crippen molar-refractivity contribution in [2.24, 2.45) is 0 Å². The third kappa shape index (κ3) is 4.30. The molecule has 28 heavy (non-hydrogen) atoms. The number of hydrogen-bond acceptors (Lipinski definition) is 4. The minimum absolute atomic E-state index is 0.115. The average molecular weight is 416 g/mol. The molecule has 0 aliphatic carbocycles. The van der Waals surface area contributed by atoms with E-state index in [1.54, 1.807) is 5.38 Å². The van der Waals surface area contributed by atoms with Crippen molar-refractivity contribution >= 4 is 45.9 Å². The predicted octanol–water partition coefficient (Wildman–Crippen LogP) is 5.65. The molecule has 0 spiro atoms. The first-order valence-electron chi connectivity index (χ1n) is 8.19. The SMILES string of the molecule is COC(=O)c1c(-c2ccccc2)csc1NC(=O)/C=C/c1c(F)cccc1Cl. The van der Waals surface area contributed by atoms with Crippen molar-refractivity contribution in [1.29, 1.82) is 0 Å². The average Bonchev–Trinajstić information content (AvgIpc) is 3.11. The number of carbonyl (C=O) groups excluding carboxylic acids is 2. The van der Waals surface area contributed by atoms with E-state index in [0.29, 0.717) is 10.6 Å². The second kappa shape index (κ2) is 8.82. The molecule has 0 aliphatic rings. The number of halogens is 2. The molecule has 1 N–H and O–H groups in total. The number of benzene rings is 2. The lowest BCUT2D eigenvalue weighted by Gasteiger charge is -2.06. The smallest absolute Gasteiger partial charge is 0.341 e. The Morgan fingerprint density at radius 2 is 1.89 bits per heavy atom. The van der Waals surface area contributed by atoms with E-state index >= 15 is 0 Å². The Balaban J connectivity index is 1.88. The van der Waals surface area contributed by atoms with Gasteiger partial charge in [0.2, 0.25) is 5.91 Å². The summed E-state index contributed by atoms with van der Waals surface area (Å²) in [4.78, 5) is 24.6. The Hall–Kier alpha value is -2.96. The maximum Gasteiger partial charge on any atom is 0.341 e. The third-order valence-corrected chi connectivity index (χ3v) is 5.13.